The number of nitrogens with zero attached hydrogens (tertiary/aromatic N) is 3. The molecule has 2 amide bonds. The topological polar surface area (TPSA) is 88.8 Å². The molecule has 2 aromatic rings. The second kappa shape index (κ2) is 8.74. The largest absolute Gasteiger partial charge is 0.453 e. The smallest absolute Gasteiger partial charge is 0.409 e. The summed E-state index contributed by atoms with van der Waals surface area (Å²) in [4.78, 5) is 33.2. The van der Waals surface area contributed by atoms with Crippen LogP contribution in [0.2, 0.25) is 5.02 Å². The molecule has 1 spiro atoms. The van der Waals surface area contributed by atoms with Gasteiger partial charge in [-0.3, -0.25) is 4.79 Å². The first-order chi connectivity index (χ1) is 14.5. The van der Waals surface area contributed by atoms with Crippen molar-refractivity contribution in [2.75, 3.05) is 43.9 Å². The molecule has 1 unspecified atom stereocenters. The van der Waals surface area contributed by atoms with Crippen LogP contribution < -0.4 is 10.6 Å². The quantitative estimate of drug-likeness (QED) is 0.681. The lowest BCUT2D eigenvalue weighted by molar-refractivity contribution is -0.118. The van der Waals surface area contributed by atoms with Crippen molar-refractivity contribution in [3.8, 4) is 0 Å². The lowest BCUT2D eigenvalue weighted by Gasteiger charge is -2.25. The highest BCUT2D eigenvalue weighted by Gasteiger charge is 2.50. The maximum atomic E-state index is 13.2. The third kappa shape index (κ3) is 4.03. The minimum Gasteiger partial charge on any atom is -0.453 e. The first-order valence-corrected chi connectivity index (χ1v) is 11.8. The second-order valence-electron chi connectivity index (χ2n) is 7.45. The summed E-state index contributed by atoms with van der Waals surface area (Å²) in [6.07, 6.45) is 2.46. The van der Waals surface area contributed by atoms with Crippen molar-refractivity contribution in [2.45, 2.75) is 22.5 Å². The van der Waals surface area contributed by atoms with E-state index >= 15 is 0 Å². The number of thiazole rings is 1. The molecule has 1 atom stereocenters. The Hall–Kier alpha value is -1.81. The van der Waals surface area contributed by atoms with Crippen LogP contribution in [0.3, 0.4) is 0 Å². The van der Waals surface area contributed by atoms with Crippen LogP contribution in [0.25, 0.3) is 0 Å². The highest BCUT2D eigenvalue weighted by molar-refractivity contribution is 8.01. The molecule has 30 heavy (non-hydrogen) atoms. The molecule has 7 nitrogen and oxygen atoms in total. The normalized spacial score (nSPS) is 20.1. The molecule has 3 heterocycles. The average Bonchev–Trinajstić information content (AvgIpc) is 3.45. The monoisotopic (exact) mass is 466 g/mol. The molecular weight excluding hydrogens is 444 g/mol. The van der Waals surface area contributed by atoms with Crippen molar-refractivity contribution in [1.82, 2.24) is 9.88 Å². The number of carbonyl (C=O) groups is 2. The van der Waals surface area contributed by atoms with E-state index in [1.165, 1.54) is 18.4 Å². The number of rotatable bonds is 5. The molecule has 160 valence electrons. The molecule has 0 bridgehead atoms. The summed E-state index contributed by atoms with van der Waals surface area (Å²) < 4.78 is 5.96. The first-order valence-electron chi connectivity index (χ1n) is 9.66. The van der Waals surface area contributed by atoms with Crippen LogP contribution in [0, 0.1) is 0 Å². The van der Waals surface area contributed by atoms with E-state index in [0.29, 0.717) is 31.2 Å². The van der Waals surface area contributed by atoms with Crippen molar-refractivity contribution in [3.05, 3.63) is 40.0 Å². The first kappa shape index (κ1) is 21.4. The van der Waals surface area contributed by atoms with Gasteiger partial charge in [0.1, 0.15) is 5.01 Å². The Morgan fingerprint density at radius 2 is 2.23 bits per heavy atom. The molecular formula is C20H23ClN4O3S2. The number of methoxy groups -OCH3 is 1. The predicted molar refractivity (Wildman–Crippen MR) is 120 cm³/mol. The van der Waals surface area contributed by atoms with E-state index in [2.05, 4.69) is 4.98 Å². The third-order valence-corrected chi connectivity index (χ3v) is 8.03. The molecule has 4 rings (SSSR count). The van der Waals surface area contributed by atoms with Gasteiger partial charge in [-0.05, 0) is 30.2 Å². The summed E-state index contributed by atoms with van der Waals surface area (Å²) >= 11 is 9.47. The maximum Gasteiger partial charge on any atom is 0.409 e. The number of hydrogen-bond donors (Lipinski definition) is 1. The molecule has 0 aliphatic carbocycles. The number of halogens is 1. The highest BCUT2D eigenvalue weighted by atomic mass is 35.5. The number of hydrogen-bond acceptors (Lipinski definition) is 7. The van der Waals surface area contributed by atoms with Crippen LogP contribution >= 0.6 is 34.7 Å². The number of fused-ring (bicyclic) bond motifs is 2. The summed E-state index contributed by atoms with van der Waals surface area (Å²) in [5.41, 5.74) is 7.12. The maximum absolute atomic E-state index is 13.2. The van der Waals surface area contributed by atoms with Crippen LogP contribution in [0.1, 0.15) is 17.0 Å². The van der Waals surface area contributed by atoms with Crippen molar-refractivity contribution in [3.63, 3.8) is 0 Å². The van der Waals surface area contributed by atoms with Gasteiger partial charge < -0.3 is 20.3 Å². The molecule has 1 aromatic heterocycles. The molecule has 10 heteroatoms. The standard InChI is InChI=1S/C20H23ClN4O3S2/c1-28-19(27)24-6-4-20(11-24)12-25(15-3-2-13(21)8-14(15)20)17(26)9-16-23-10-18(30-16)29-7-5-22/h2-3,8,10H,4-7,9,11-12,22H2,1H3. The number of anilines is 1. The lowest BCUT2D eigenvalue weighted by Crippen LogP contribution is -2.40. The van der Waals surface area contributed by atoms with Crippen molar-refractivity contribution in [1.29, 1.82) is 0 Å². The Bertz CT molecular complexity index is 969. The number of amides is 2. The minimum atomic E-state index is -0.342. The van der Waals surface area contributed by atoms with Gasteiger partial charge in [-0.25, -0.2) is 9.78 Å². The van der Waals surface area contributed by atoms with Gasteiger partial charge in [-0.15, -0.1) is 23.1 Å². The summed E-state index contributed by atoms with van der Waals surface area (Å²) in [6, 6.07) is 5.63. The number of ether oxygens (including phenoxy) is 1. The summed E-state index contributed by atoms with van der Waals surface area (Å²) in [7, 11) is 1.39. The zero-order chi connectivity index (χ0) is 21.3. The van der Waals surface area contributed by atoms with Gasteiger partial charge in [-0.1, -0.05) is 11.6 Å². The van der Waals surface area contributed by atoms with Gasteiger partial charge in [0.25, 0.3) is 0 Å². The predicted octanol–water partition coefficient (Wildman–Crippen LogP) is 3.15. The van der Waals surface area contributed by atoms with Crippen molar-refractivity contribution in [2.24, 2.45) is 5.73 Å². The van der Waals surface area contributed by atoms with E-state index in [-0.39, 0.29) is 23.8 Å². The average molecular weight is 467 g/mol. The van der Waals surface area contributed by atoms with E-state index in [1.807, 2.05) is 17.0 Å². The summed E-state index contributed by atoms with van der Waals surface area (Å²) in [5, 5.41) is 1.42. The second-order valence-corrected chi connectivity index (χ2v) is 10.4. The lowest BCUT2D eigenvalue weighted by atomic mass is 9.81. The third-order valence-electron chi connectivity index (χ3n) is 5.57. The highest BCUT2D eigenvalue weighted by Crippen LogP contribution is 2.47. The van der Waals surface area contributed by atoms with E-state index < -0.39 is 0 Å². The fourth-order valence-electron chi connectivity index (χ4n) is 4.20. The van der Waals surface area contributed by atoms with E-state index in [1.54, 1.807) is 28.9 Å². The van der Waals surface area contributed by atoms with E-state index in [0.717, 1.165) is 32.6 Å². The Morgan fingerprint density at radius 1 is 1.40 bits per heavy atom. The molecule has 2 aliphatic heterocycles. The van der Waals surface area contributed by atoms with Crippen LogP contribution in [0.4, 0.5) is 10.5 Å². The van der Waals surface area contributed by atoms with Crippen LogP contribution in [0.15, 0.2) is 28.6 Å². The van der Waals surface area contributed by atoms with Crippen molar-refractivity contribution >= 4 is 52.4 Å². The van der Waals surface area contributed by atoms with Crippen LogP contribution in [0.5, 0.6) is 0 Å². The number of thioether (sulfide) groups is 1. The van der Waals surface area contributed by atoms with Crippen LogP contribution in [-0.2, 0) is 21.4 Å². The zero-order valence-corrected chi connectivity index (χ0v) is 19.0. The van der Waals surface area contributed by atoms with Crippen molar-refractivity contribution < 1.29 is 14.3 Å². The van der Waals surface area contributed by atoms with Crippen LogP contribution in [-0.4, -0.2) is 60.9 Å². The Kier molecular flexibility index (Phi) is 6.24. The molecule has 1 saturated heterocycles. The van der Waals surface area contributed by atoms with Gasteiger partial charge in [0, 0.05) is 48.1 Å². The fourth-order valence-corrected chi connectivity index (χ4v) is 6.23. The molecule has 1 fully saturated rings. The minimum absolute atomic E-state index is 0.00306. The number of likely N-dealkylation sites (tertiary alicyclic amines) is 1. The number of carbonyl (C=O) groups excluding carboxylic acids is 2. The van der Waals surface area contributed by atoms with Gasteiger partial charge in [0.05, 0.1) is 23.9 Å². The fraction of sp³-hybridized carbons (Fsp3) is 0.450. The number of benzene rings is 1. The SMILES string of the molecule is COC(=O)N1CCC2(C1)CN(C(=O)Cc1ncc(SCCN)s1)c1ccc(Cl)cc12. The molecule has 1 aromatic carbocycles. The Balaban J connectivity index is 1.55. The zero-order valence-electron chi connectivity index (χ0n) is 16.6. The van der Waals surface area contributed by atoms with Gasteiger partial charge >= 0.3 is 6.09 Å². The molecule has 2 N–H and O–H groups in total. The molecule has 0 saturated carbocycles. The Morgan fingerprint density at radius 3 is 3.00 bits per heavy atom. The number of nitrogens with two attached hydrogens (primary N) is 1. The van der Waals surface area contributed by atoms with Gasteiger partial charge in [0.15, 0.2) is 0 Å². The summed E-state index contributed by atoms with van der Waals surface area (Å²) in [6.45, 7) is 2.23. The van der Waals surface area contributed by atoms with Gasteiger partial charge in [0.2, 0.25) is 5.91 Å². The Labute approximate surface area is 188 Å². The molecule has 0 radical (unpaired) electrons. The van der Waals surface area contributed by atoms with E-state index in [9.17, 15) is 9.59 Å². The van der Waals surface area contributed by atoms with E-state index in [4.69, 9.17) is 22.1 Å². The molecule has 2 aliphatic rings. The van der Waals surface area contributed by atoms with Gasteiger partial charge in [-0.2, -0.15) is 0 Å². The number of aromatic nitrogens is 1. The summed E-state index contributed by atoms with van der Waals surface area (Å²) in [5.74, 6) is 0.825.